The first-order chi connectivity index (χ1) is 10.0. The minimum Gasteiger partial charge on any atom is -0.378 e. The van der Waals surface area contributed by atoms with Crippen LogP contribution in [-0.4, -0.2) is 20.6 Å². The third-order valence-electron chi connectivity index (χ3n) is 3.40. The molecule has 0 aromatic heterocycles. The fraction of sp³-hybridized carbons (Fsp3) is 0.294. The summed E-state index contributed by atoms with van der Waals surface area (Å²) in [6.45, 7) is 2.93. The second-order valence-electron chi connectivity index (χ2n) is 5.15. The van der Waals surface area contributed by atoms with Gasteiger partial charge in [-0.3, -0.25) is 0 Å². The Morgan fingerprint density at radius 1 is 1.10 bits per heavy atom. The lowest BCUT2D eigenvalue weighted by molar-refractivity contribution is 0.631. The number of rotatable bonds is 5. The van der Waals surface area contributed by atoms with Gasteiger partial charge in [0, 0.05) is 29.8 Å². The molecule has 0 radical (unpaired) electrons. The molecule has 1 N–H and O–H groups in total. The van der Waals surface area contributed by atoms with Gasteiger partial charge < -0.3 is 10.2 Å². The molecule has 2 aromatic carbocycles. The number of hydrogen-bond donors (Lipinski definition) is 1. The van der Waals surface area contributed by atoms with E-state index in [1.807, 2.05) is 32.3 Å². The van der Waals surface area contributed by atoms with Crippen molar-refractivity contribution in [1.82, 2.24) is 5.32 Å². The Labute approximate surface area is 136 Å². The summed E-state index contributed by atoms with van der Waals surface area (Å²) >= 11 is 12.5. The number of hydrogen-bond acceptors (Lipinski definition) is 2. The van der Waals surface area contributed by atoms with Crippen LogP contribution < -0.4 is 10.2 Å². The zero-order valence-electron chi connectivity index (χ0n) is 12.5. The first-order valence-electron chi connectivity index (χ1n) is 6.98. The van der Waals surface area contributed by atoms with Gasteiger partial charge in [-0.2, -0.15) is 0 Å². The van der Waals surface area contributed by atoms with Crippen LogP contribution in [0.3, 0.4) is 0 Å². The van der Waals surface area contributed by atoms with E-state index < -0.39 is 0 Å². The molecule has 1 atom stereocenters. The molecule has 0 saturated heterocycles. The summed E-state index contributed by atoms with van der Waals surface area (Å²) in [7, 11) is 4.07. The predicted molar refractivity (Wildman–Crippen MR) is 92.8 cm³/mol. The van der Waals surface area contributed by atoms with E-state index in [1.165, 1.54) is 5.56 Å². The minimum atomic E-state index is 0.0288. The van der Waals surface area contributed by atoms with E-state index in [9.17, 15) is 0 Å². The van der Waals surface area contributed by atoms with Crippen LogP contribution in [0.4, 0.5) is 5.69 Å². The van der Waals surface area contributed by atoms with Crippen molar-refractivity contribution < 1.29 is 0 Å². The number of benzene rings is 2. The van der Waals surface area contributed by atoms with Crippen molar-refractivity contribution in [3.8, 4) is 0 Å². The molecule has 0 amide bonds. The number of nitrogens with zero attached hydrogens (tertiary/aromatic N) is 1. The zero-order chi connectivity index (χ0) is 15.4. The fourth-order valence-electron chi connectivity index (χ4n) is 2.33. The molecule has 0 aliphatic rings. The molecule has 21 heavy (non-hydrogen) atoms. The highest BCUT2D eigenvalue weighted by Crippen LogP contribution is 2.32. The van der Waals surface area contributed by atoms with Crippen LogP contribution in [0, 0.1) is 0 Å². The van der Waals surface area contributed by atoms with Gasteiger partial charge in [0.1, 0.15) is 0 Å². The quantitative estimate of drug-likeness (QED) is 0.853. The molecule has 0 fully saturated rings. The van der Waals surface area contributed by atoms with E-state index in [2.05, 4.69) is 41.4 Å². The SMILES string of the molecule is CCNC(c1cccc(N(C)C)c1)c1cc(Cl)ccc1Cl. The van der Waals surface area contributed by atoms with Crippen LogP contribution in [0.2, 0.25) is 10.0 Å². The van der Waals surface area contributed by atoms with Gasteiger partial charge >= 0.3 is 0 Å². The number of nitrogens with one attached hydrogen (secondary N) is 1. The number of anilines is 1. The van der Waals surface area contributed by atoms with Crippen LogP contribution in [0.15, 0.2) is 42.5 Å². The van der Waals surface area contributed by atoms with Gasteiger partial charge in [-0.05, 0) is 48.0 Å². The summed E-state index contributed by atoms with van der Waals surface area (Å²) in [6, 6.07) is 14.0. The lowest BCUT2D eigenvalue weighted by Crippen LogP contribution is -2.22. The van der Waals surface area contributed by atoms with Crippen LogP contribution in [-0.2, 0) is 0 Å². The van der Waals surface area contributed by atoms with Gasteiger partial charge in [-0.1, -0.05) is 42.3 Å². The molecule has 0 aliphatic heterocycles. The first-order valence-corrected chi connectivity index (χ1v) is 7.74. The molecule has 0 aliphatic carbocycles. The van der Waals surface area contributed by atoms with Crippen molar-refractivity contribution in [2.75, 3.05) is 25.5 Å². The van der Waals surface area contributed by atoms with E-state index in [-0.39, 0.29) is 6.04 Å². The molecule has 2 aromatic rings. The second kappa shape index (κ2) is 7.17. The summed E-state index contributed by atoms with van der Waals surface area (Å²) in [5, 5.41) is 4.91. The average Bonchev–Trinajstić information content (AvgIpc) is 2.47. The maximum atomic E-state index is 6.37. The van der Waals surface area contributed by atoms with Crippen LogP contribution in [0.5, 0.6) is 0 Å². The lowest BCUT2D eigenvalue weighted by atomic mass is 9.98. The van der Waals surface area contributed by atoms with E-state index in [0.717, 1.165) is 22.8 Å². The summed E-state index contributed by atoms with van der Waals surface area (Å²) in [5.74, 6) is 0. The highest BCUT2D eigenvalue weighted by Gasteiger charge is 2.17. The third-order valence-corrected chi connectivity index (χ3v) is 3.98. The molecule has 0 heterocycles. The van der Waals surface area contributed by atoms with Crippen molar-refractivity contribution in [1.29, 1.82) is 0 Å². The monoisotopic (exact) mass is 322 g/mol. The van der Waals surface area contributed by atoms with E-state index in [4.69, 9.17) is 23.2 Å². The topological polar surface area (TPSA) is 15.3 Å². The average molecular weight is 323 g/mol. The predicted octanol–water partition coefficient (Wildman–Crippen LogP) is 4.76. The first kappa shape index (κ1) is 16.2. The highest BCUT2D eigenvalue weighted by molar-refractivity contribution is 6.33. The molecule has 0 spiro atoms. The zero-order valence-corrected chi connectivity index (χ0v) is 14.0. The largest absolute Gasteiger partial charge is 0.378 e. The van der Waals surface area contributed by atoms with Gasteiger partial charge in [0.05, 0.1) is 6.04 Å². The number of halogens is 2. The van der Waals surface area contributed by atoms with Gasteiger partial charge in [0.2, 0.25) is 0 Å². The van der Waals surface area contributed by atoms with Crippen LogP contribution in [0.1, 0.15) is 24.1 Å². The maximum Gasteiger partial charge on any atom is 0.0592 e. The third kappa shape index (κ3) is 3.91. The molecule has 0 saturated carbocycles. The molecule has 2 rings (SSSR count). The van der Waals surface area contributed by atoms with Crippen molar-refractivity contribution >= 4 is 28.9 Å². The Balaban J connectivity index is 2.48. The fourth-order valence-corrected chi connectivity index (χ4v) is 2.74. The summed E-state index contributed by atoms with van der Waals surface area (Å²) in [4.78, 5) is 2.09. The minimum absolute atomic E-state index is 0.0288. The molecule has 1 unspecified atom stereocenters. The molecule has 4 heteroatoms. The standard InChI is InChI=1S/C17H20Cl2N2/c1-4-20-17(15-11-13(18)8-9-16(15)19)12-6-5-7-14(10-12)21(2)3/h5-11,17,20H,4H2,1-3H3. The molecular weight excluding hydrogens is 303 g/mol. The van der Waals surface area contributed by atoms with Gasteiger partial charge in [0.25, 0.3) is 0 Å². The van der Waals surface area contributed by atoms with E-state index in [1.54, 1.807) is 0 Å². The van der Waals surface area contributed by atoms with Crippen molar-refractivity contribution in [2.45, 2.75) is 13.0 Å². The Hall–Kier alpha value is -1.22. The summed E-state index contributed by atoms with van der Waals surface area (Å²) in [6.07, 6.45) is 0. The normalized spacial score (nSPS) is 12.2. The van der Waals surface area contributed by atoms with Crippen molar-refractivity contribution in [3.05, 3.63) is 63.6 Å². The van der Waals surface area contributed by atoms with Crippen LogP contribution in [0.25, 0.3) is 0 Å². The summed E-state index contributed by atoms with van der Waals surface area (Å²) in [5.41, 5.74) is 3.34. The van der Waals surface area contributed by atoms with Crippen molar-refractivity contribution in [3.63, 3.8) is 0 Å². The van der Waals surface area contributed by atoms with Crippen LogP contribution >= 0.6 is 23.2 Å². The van der Waals surface area contributed by atoms with Crippen molar-refractivity contribution in [2.24, 2.45) is 0 Å². The Bertz CT molecular complexity index is 611. The smallest absolute Gasteiger partial charge is 0.0592 e. The lowest BCUT2D eigenvalue weighted by Gasteiger charge is -2.22. The Morgan fingerprint density at radius 2 is 1.86 bits per heavy atom. The highest BCUT2D eigenvalue weighted by atomic mass is 35.5. The molecule has 112 valence electrons. The second-order valence-corrected chi connectivity index (χ2v) is 5.99. The Kier molecular flexibility index (Phi) is 5.51. The molecular formula is C17H20Cl2N2. The van der Waals surface area contributed by atoms with E-state index in [0.29, 0.717) is 5.02 Å². The molecule has 2 nitrogen and oxygen atoms in total. The maximum absolute atomic E-state index is 6.37. The van der Waals surface area contributed by atoms with Gasteiger partial charge in [0.15, 0.2) is 0 Å². The Morgan fingerprint density at radius 3 is 2.52 bits per heavy atom. The summed E-state index contributed by atoms with van der Waals surface area (Å²) < 4.78 is 0. The van der Waals surface area contributed by atoms with Gasteiger partial charge in [-0.15, -0.1) is 0 Å². The molecule has 0 bridgehead atoms. The van der Waals surface area contributed by atoms with E-state index >= 15 is 0 Å². The van der Waals surface area contributed by atoms with Gasteiger partial charge in [-0.25, -0.2) is 0 Å².